The highest BCUT2D eigenvalue weighted by molar-refractivity contribution is 7.99. The van der Waals surface area contributed by atoms with Crippen LogP contribution in [0.3, 0.4) is 0 Å². The summed E-state index contributed by atoms with van der Waals surface area (Å²) in [5.74, 6) is 0.685. The highest BCUT2D eigenvalue weighted by atomic mass is 32.2. The summed E-state index contributed by atoms with van der Waals surface area (Å²) in [5, 5.41) is 0.664. The molecule has 9 heteroatoms. The molecule has 1 aromatic heterocycles. The van der Waals surface area contributed by atoms with Gasteiger partial charge in [0.25, 0.3) is 5.56 Å². The third kappa shape index (κ3) is 5.96. The summed E-state index contributed by atoms with van der Waals surface area (Å²) >= 11 is 1.30. The fourth-order valence-corrected chi connectivity index (χ4v) is 4.55. The van der Waals surface area contributed by atoms with E-state index in [1.54, 1.807) is 29.2 Å². The number of amides is 1. The number of alkyl halides is 3. The second-order valence-electron chi connectivity index (χ2n) is 7.47. The fourth-order valence-electron chi connectivity index (χ4n) is 3.53. The molecule has 176 valence electrons. The van der Waals surface area contributed by atoms with Gasteiger partial charge in [-0.15, -0.1) is 0 Å². The maximum atomic E-state index is 13.3. The smallest absolute Gasteiger partial charge is 0.343 e. The van der Waals surface area contributed by atoms with Gasteiger partial charge in [0, 0.05) is 25.3 Å². The Kier molecular flexibility index (Phi) is 8.18. The van der Waals surface area contributed by atoms with Crippen molar-refractivity contribution in [2.24, 2.45) is 0 Å². The van der Waals surface area contributed by atoms with E-state index in [0.29, 0.717) is 54.2 Å². The van der Waals surface area contributed by atoms with Gasteiger partial charge in [0.05, 0.1) is 22.2 Å². The number of benzene rings is 2. The van der Waals surface area contributed by atoms with E-state index >= 15 is 0 Å². The lowest BCUT2D eigenvalue weighted by molar-refractivity contribution is -0.137. The Morgan fingerprint density at radius 2 is 1.79 bits per heavy atom. The van der Waals surface area contributed by atoms with E-state index < -0.39 is 17.3 Å². The van der Waals surface area contributed by atoms with Crippen molar-refractivity contribution in [2.75, 3.05) is 18.8 Å². The Morgan fingerprint density at radius 3 is 2.48 bits per heavy atom. The normalized spacial score (nSPS) is 11.7. The minimum Gasteiger partial charge on any atom is -0.343 e. The molecule has 5 nitrogen and oxygen atoms in total. The average molecular weight is 478 g/mol. The molecule has 0 N–H and O–H groups in total. The summed E-state index contributed by atoms with van der Waals surface area (Å²) in [6.45, 7) is 5.23. The second-order valence-corrected chi connectivity index (χ2v) is 8.53. The van der Waals surface area contributed by atoms with Crippen molar-refractivity contribution >= 4 is 28.6 Å². The maximum Gasteiger partial charge on any atom is 0.416 e. The van der Waals surface area contributed by atoms with Crippen molar-refractivity contribution in [1.29, 1.82) is 0 Å². The molecule has 2 aromatic carbocycles. The quantitative estimate of drug-likeness (QED) is 0.231. The lowest BCUT2D eigenvalue weighted by Crippen LogP contribution is -2.30. The third-order valence-corrected chi connectivity index (χ3v) is 6.33. The Morgan fingerprint density at radius 1 is 1.06 bits per heavy atom. The molecule has 0 fully saturated rings. The largest absolute Gasteiger partial charge is 0.416 e. The molecule has 0 aliphatic carbocycles. The molecule has 33 heavy (non-hydrogen) atoms. The van der Waals surface area contributed by atoms with Crippen LogP contribution in [-0.4, -0.2) is 39.2 Å². The first-order chi connectivity index (χ1) is 15.8. The van der Waals surface area contributed by atoms with Gasteiger partial charge < -0.3 is 4.90 Å². The zero-order chi connectivity index (χ0) is 24.0. The predicted octanol–water partition coefficient (Wildman–Crippen LogP) is 5.54. The van der Waals surface area contributed by atoms with Crippen LogP contribution in [0.15, 0.2) is 58.5 Å². The van der Waals surface area contributed by atoms with Crippen molar-refractivity contribution in [2.45, 2.75) is 44.4 Å². The van der Waals surface area contributed by atoms with E-state index in [1.165, 1.54) is 28.5 Å². The van der Waals surface area contributed by atoms with Crippen LogP contribution >= 0.6 is 11.8 Å². The van der Waals surface area contributed by atoms with Crippen molar-refractivity contribution in [3.05, 3.63) is 64.4 Å². The number of carbonyl (C=O) groups excluding carboxylic acids is 1. The van der Waals surface area contributed by atoms with Gasteiger partial charge >= 0.3 is 6.18 Å². The Hall–Kier alpha value is -2.81. The van der Waals surface area contributed by atoms with Gasteiger partial charge in [0.2, 0.25) is 5.91 Å². The number of rotatable bonds is 9. The molecule has 3 aromatic rings. The van der Waals surface area contributed by atoms with Gasteiger partial charge in [-0.25, -0.2) is 4.98 Å². The van der Waals surface area contributed by atoms with Crippen LogP contribution in [0, 0.1) is 0 Å². The van der Waals surface area contributed by atoms with Gasteiger partial charge in [-0.05, 0) is 57.0 Å². The molecule has 0 radical (unpaired) electrons. The first kappa shape index (κ1) is 24.8. The van der Waals surface area contributed by atoms with Crippen LogP contribution in [0.25, 0.3) is 16.6 Å². The summed E-state index contributed by atoms with van der Waals surface area (Å²) in [6.07, 6.45) is -2.69. The monoisotopic (exact) mass is 477 g/mol. The van der Waals surface area contributed by atoms with Crippen molar-refractivity contribution < 1.29 is 18.0 Å². The van der Waals surface area contributed by atoms with Gasteiger partial charge in [0.1, 0.15) is 0 Å². The first-order valence-electron chi connectivity index (χ1n) is 10.9. The van der Waals surface area contributed by atoms with Crippen LogP contribution in [0.4, 0.5) is 13.2 Å². The number of halogens is 3. The summed E-state index contributed by atoms with van der Waals surface area (Å²) in [5.41, 5.74) is -0.637. The van der Waals surface area contributed by atoms with E-state index in [9.17, 15) is 22.8 Å². The molecule has 1 amide bonds. The molecule has 0 atom stereocenters. The topological polar surface area (TPSA) is 55.2 Å². The summed E-state index contributed by atoms with van der Waals surface area (Å²) in [4.78, 5) is 31.7. The van der Waals surface area contributed by atoms with Crippen molar-refractivity contribution in [1.82, 2.24) is 14.5 Å². The third-order valence-electron chi connectivity index (χ3n) is 5.31. The van der Waals surface area contributed by atoms with E-state index in [4.69, 9.17) is 0 Å². The summed E-state index contributed by atoms with van der Waals surface area (Å²) in [6, 6.07) is 11.5. The number of thioether (sulfide) groups is 1. The molecule has 0 unspecified atom stereocenters. The van der Waals surface area contributed by atoms with Crippen LogP contribution in [0.1, 0.15) is 38.7 Å². The number of carbonyl (C=O) groups is 1. The Balaban J connectivity index is 1.86. The molecule has 0 aliphatic heterocycles. The Bertz CT molecular complexity index is 1170. The van der Waals surface area contributed by atoms with Gasteiger partial charge in [0.15, 0.2) is 5.16 Å². The lowest BCUT2D eigenvalue weighted by atomic mass is 10.2. The number of unbranched alkanes of at least 4 members (excludes halogenated alkanes) is 1. The molecule has 0 saturated heterocycles. The SMILES string of the molecule is CCN(CC)C(=O)CCCCSc1nc2ccccc2c(=O)n1-c1cccc(C(F)(F)F)c1. The van der Waals surface area contributed by atoms with Crippen LogP contribution < -0.4 is 5.56 Å². The van der Waals surface area contributed by atoms with E-state index in [-0.39, 0.29) is 11.6 Å². The fraction of sp³-hybridized carbons (Fsp3) is 0.375. The number of hydrogen-bond donors (Lipinski definition) is 0. The predicted molar refractivity (Wildman–Crippen MR) is 125 cm³/mol. The van der Waals surface area contributed by atoms with Crippen molar-refractivity contribution in [3.8, 4) is 5.69 Å². The molecule has 0 saturated carbocycles. The van der Waals surface area contributed by atoms with Crippen molar-refractivity contribution in [3.63, 3.8) is 0 Å². The van der Waals surface area contributed by atoms with Crippen LogP contribution in [0.2, 0.25) is 0 Å². The number of nitrogens with zero attached hydrogens (tertiary/aromatic N) is 3. The number of aromatic nitrogens is 2. The Labute approximate surface area is 194 Å². The van der Waals surface area contributed by atoms with Crippen LogP contribution in [-0.2, 0) is 11.0 Å². The molecular formula is C24H26F3N3O2S. The number of fused-ring (bicyclic) bond motifs is 1. The zero-order valence-electron chi connectivity index (χ0n) is 18.6. The highest BCUT2D eigenvalue weighted by Gasteiger charge is 2.31. The maximum absolute atomic E-state index is 13.3. The molecular weight excluding hydrogens is 451 g/mol. The minimum atomic E-state index is -4.52. The summed E-state index contributed by atoms with van der Waals surface area (Å²) in [7, 11) is 0. The molecule has 0 spiro atoms. The highest BCUT2D eigenvalue weighted by Crippen LogP contribution is 2.31. The van der Waals surface area contributed by atoms with Gasteiger partial charge in [-0.3, -0.25) is 14.2 Å². The zero-order valence-corrected chi connectivity index (χ0v) is 19.4. The number of hydrogen-bond acceptors (Lipinski definition) is 4. The molecule has 1 heterocycles. The summed E-state index contributed by atoms with van der Waals surface area (Å²) < 4.78 is 41.0. The van der Waals surface area contributed by atoms with Gasteiger partial charge in [-0.1, -0.05) is 30.0 Å². The lowest BCUT2D eigenvalue weighted by Gasteiger charge is -2.18. The average Bonchev–Trinajstić information content (AvgIpc) is 2.79. The van der Waals surface area contributed by atoms with E-state index in [1.807, 2.05) is 13.8 Å². The van der Waals surface area contributed by atoms with E-state index in [0.717, 1.165) is 12.1 Å². The standard InChI is InChI=1S/C24H26F3N3O2S/c1-3-29(4-2)21(31)14-7-8-15-33-23-28-20-13-6-5-12-19(20)22(32)30(23)18-11-9-10-17(16-18)24(25,26)27/h5-6,9-13,16H,3-4,7-8,14-15H2,1-2H3. The van der Waals surface area contributed by atoms with Crippen LogP contribution in [0.5, 0.6) is 0 Å². The molecule has 0 bridgehead atoms. The van der Waals surface area contributed by atoms with Gasteiger partial charge in [-0.2, -0.15) is 13.2 Å². The first-order valence-corrected chi connectivity index (χ1v) is 11.8. The number of para-hydroxylation sites is 1. The molecule has 3 rings (SSSR count). The molecule has 0 aliphatic rings. The minimum absolute atomic E-state index is 0.106. The second kappa shape index (κ2) is 10.9. The van der Waals surface area contributed by atoms with E-state index in [2.05, 4.69) is 4.98 Å².